The van der Waals surface area contributed by atoms with Crippen LogP contribution in [0.2, 0.25) is 0 Å². The Labute approximate surface area is 132 Å². The van der Waals surface area contributed by atoms with Gasteiger partial charge in [0, 0.05) is 17.3 Å². The Balaban J connectivity index is 1.86. The Morgan fingerprint density at radius 3 is 2.67 bits per heavy atom. The Morgan fingerprint density at radius 1 is 1.19 bits per heavy atom. The standard InChI is InChI=1S/C16H16BrNO3/c1-20-10-12-3-2-4-14(9-12)18-16(19)11-21-15-7-5-13(17)6-8-15/h2-9H,10-11H2,1H3,(H,18,19). The van der Waals surface area contributed by atoms with Crippen LogP contribution in [0.5, 0.6) is 5.75 Å². The number of rotatable bonds is 6. The van der Waals surface area contributed by atoms with Crippen LogP contribution in [0.25, 0.3) is 0 Å². The Morgan fingerprint density at radius 2 is 1.95 bits per heavy atom. The van der Waals surface area contributed by atoms with Crippen LogP contribution in [0.4, 0.5) is 5.69 Å². The van der Waals surface area contributed by atoms with Gasteiger partial charge in [-0.25, -0.2) is 0 Å². The van der Waals surface area contributed by atoms with Gasteiger partial charge in [-0.1, -0.05) is 28.1 Å². The molecule has 0 aromatic heterocycles. The lowest BCUT2D eigenvalue weighted by Crippen LogP contribution is -2.20. The van der Waals surface area contributed by atoms with Gasteiger partial charge < -0.3 is 14.8 Å². The van der Waals surface area contributed by atoms with Gasteiger partial charge in [-0.05, 0) is 42.0 Å². The normalized spacial score (nSPS) is 10.2. The quantitative estimate of drug-likeness (QED) is 0.866. The lowest BCUT2D eigenvalue weighted by molar-refractivity contribution is -0.118. The first-order valence-corrected chi connectivity index (χ1v) is 7.23. The molecule has 21 heavy (non-hydrogen) atoms. The van der Waals surface area contributed by atoms with E-state index < -0.39 is 0 Å². The third-order valence-electron chi connectivity index (χ3n) is 2.71. The van der Waals surface area contributed by atoms with Crippen molar-refractivity contribution in [1.82, 2.24) is 0 Å². The molecule has 2 aromatic carbocycles. The molecule has 0 radical (unpaired) electrons. The summed E-state index contributed by atoms with van der Waals surface area (Å²) >= 11 is 3.34. The van der Waals surface area contributed by atoms with Crippen molar-refractivity contribution in [2.75, 3.05) is 19.0 Å². The number of carbonyl (C=O) groups excluding carboxylic acids is 1. The predicted molar refractivity (Wildman–Crippen MR) is 85.4 cm³/mol. The van der Waals surface area contributed by atoms with E-state index in [2.05, 4.69) is 21.2 Å². The summed E-state index contributed by atoms with van der Waals surface area (Å²) in [5.74, 6) is 0.453. The molecule has 4 nitrogen and oxygen atoms in total. The average Bonchev–Trinajstić information content (AvgIpc) is 2.47. The predicted octanol–water partition coefficient (Wildman–Crippen LogP) is 3.61. The molecule has 0 bridgehead atoms. The zero-order valence-electron chi connectivity index (χ0n) is 11.6. The van der Waals surface area contributed by atoms with Crippen LogP contribution in [-0.4, -0.2) is 19.6 Å². The van der Waals surface area contributed by atoms with Crippen LogP contribution < -0.4 is 10.1 Å². The first-order chi connectivity index (χ1) is 10.2. The first kappa shape index (κ1) is 15.5. The van der Waals surface area contributed by atoms with Crippen LogP contribution >= 0.6 is 15.9 Å². The van der Waals surface area contributed by atoms with E-state index in [1.54, 1.807) is 19.2 Å². The van der Waals surface area contributed by atoms with Gasteiger partial charge in [-0.2, -0.15) is 0 Å². The molecule has 0 saturated heterocycles. The molecular weight excluding hydrogens is 334 g/mol. The summed E-state index contributed by atoms with van der Waals surface area (Å²) < 4.78 is 11.4. The van der Waals surface area contributed by atoms with Crippen molar-refractivity contribution in [3.05, 3.63) is 58.6 Å². The van der Waals surface area contributed by atoms with Gasteiger partial charge in [-0.15, -0.1) is 0 Å². The van der Waals surface area contributed by atoms with Crippen LogP contribution in [-0.2, 0) is 16.1 Å². The molecule has 0 fully saturated rings. The minimum Gasteiger partial charge on any atom is -0.484 e. The Hall–Kier alpha value is -1.85. The van der Waals surface area contributed by atoms with Crippen molar-refractivity contribution >= 4 is 27.5 Å². The zero-order valence-corrected chi connectivity index (χ0v) is 13.2. The summed E-state index contributed by atoms with van der Waals surface area (Å²) in [5, 5.41) is 2.79. The second-order valence-corrected chi connectivity index (χ2v) is 5.34. The maximum absolute atomic E-state index is 11.8. The fourth-order valence-corrected chi connectivity index (χ4v) is 2.05. The van der Waals surface area contributed by atoms with Crippen molar-refractivity contribution < 1.29 is 14.3 Å². The van der Waals surface area contributed by atoms with Gasteiger partial charge in [0.05, 0.1) is 6.61 Å². The lowest BCUT2D eigenvalue weighted by Gasteiger charge is -2.08. The molecule has 0 aliphatic rings. The summed E-state index contributed by atoms with van der Waals surface area (Å²) in [6.45, 7) is 0.481. The van der Waals surface area contributed by atoms with Crippen molar-refractivity contribution in [3.8, 4) is 5.75 Å². The summed E-state index contributed by atoms with van der Waals surface area (Å²) in [6.07, 6.45) is 0. The van der Waals surface area contributed by atoms with Gasteiger partial charge in [0.1, 0.15) is 5.75 Å². The van der Waals surface area contributed by atoms with Crippen molar-refractivity contribution in [1.29, 1.82) is 0 Å². The molecule has 1 N–H and O–H groups in total. The SMILES string of the molecule is COCc1cccc(NC(=O)COc2ccc(Br)cc2)c1. The second-order valence-electron chi connectivity index (χ2n) is 4.42. The van der Waals surface area contributed by atoms with Gasteiger partial charge in [0.2, 0.25) is 0 Å². The smallest absolute Gasteiger partial charge is 0.262 e. The monoisotopic (exact) mass is 349 g/mol. The van der Waals surface area contributed by atoms with E-state index in [1.807, 2.05) is 36.4 Å². The highest BCUT2D eigenvalue weighted by atomic mass is 79.9. The topological polar surface area (TPSA) is 47.6 Å². The molecule has 0 aliphatic carbocycles. The molecule has 0 unspecified atom stereocenters. The molecule has 110 valence electrons. The number of halogens is 1. The summed E-state index contributed by atoms with van der Waals surface area (Å²) in [5.41, 5.74) is 1.73. The summed E-state index contributed by atoms with van der Waals surface area (Å²) in [4.78, 5) is 11.8. The van der Waals surface area contributed by atoms with E-state index >= 15 is 0 Å². The Kier molecular flexibility index (Phi) is 5.78. The molecular formula is C16H16BrNO3. The fraction of sp³-hybridized carbons (Fsp3) is 0.188. The molecule has 0 saturated carbocycles. The molecule has 0 heterocycles. The third-order valence-corrected chi connectivity index (χ3v) is 3.23. The van der Waals surface area contributed by atoms with Gasteiger partial charge in [-0.3, -0.25) is 4.79 Å². The van der Waals surface area contributed by atoms with E-state index in [4.69, 9.17) is 9.47 Å². The summed E-state index contributed by atoms with van der Waals surface area (Å²) in [7, 11) is 1.64. The maximum atomic E-state index is 11.8. The number of hydrogen-bond acceptors (Lipinski definition) is 3. The highest BCUT2D eigenvalue weighted by molar-refractivity contribution is 9.10. The van der Waals surface area contributed by atoms with E-state index in [1.165, 1.54) is 0 Å². The summed E-state index contributed by atoms with van der Waals surface area (Å²) in [6, 6.07) is 14.9. The van der Waals surface area contributed by atoms with E-state index in [9.17, 15) is 4.79 Å². The van der Waals surface area contributed by atoms with Gasteiger partial charge >= 0.3 is 0 Å². The number of anilines is 1. The minimum atomic E-state index is -0.201. The third kappa shape index (κ3) is 5.21. The van der Waals surface area contributed by atoms with E-state index in [0.29, 0.717) is 12.4 Å². The van der Waals surface area contributed by atoms with E-state index in [0.717, 1.165) is 15.7 Å². The van der Waals surface area contributed by atoms with Crippen LogP contribution in [0.3, 0.4) is 0 Å². The largest absolute Gasteiger partial charge is 0.484 e. The molecule has 0 atom stereocenters. The molecule has 2 aromatic rings. The van der Waals surface area contributed by atoms with E-state index in [-0.39, 0.29) is 12.5 Å². The van der Waals surface area contributed by atoms with Crippen LogP contribution in [0, 0.1) is 0 Å². The molecule has 2 rings (SSSR count). The molecule has 0 spiro atoms. The Bertz CT molecular complexity index is 599. The number of ether oxygens (including phenoxy) is 2. The van der Waals surface area contributed by atoms with Crippen molar-refractivity contribution in [3.63, 3.8) is 0 Å². The van der Waals surface area contributed by atoms with Crippen LogP contribution in [0.1, 0.15) is 5.56 Å². The van der Waals surface area contributed by atoms with Gasteiger partial charge in [0.25, 0.3) is 5.91 Å². The first-order valence-electron chi connectivity index (χ1n) is 6.43. The van der Waals surface area contributed by atoms with Gasteiger partial charge in [0.15, 0.2) is 6.61 Å². The molecule has 5 heteroatoms. The van der Waals surface area contributed by atoms with Crippen molar-refractivity contribution in [2.45, 2.75) is 6.61 Å². The van der Waals surface area contributed by atoms with Crippen LogP contribution in [0.15, 0.2) is 53.0 Å². The number of methoxy groups -OCH3 is 1. The molecule has 1 amide bonds. The highest BCUT2D eigenvalue weighted by Crippen LogP contribution is 2.16. The van der Waals surface area contributed by atoms with Crippen molar-refractivity contribution in [2.24, 2.45) is 0 Å². The number of hydrogen-bond donors (Lipinski definition) is 1. The average molecular weight is 350 g/mol. The number of carbonyl (C=O) groups is 1. The second kappa shape index (κ2) is 7.81. The maximum Gasteiger partial charge on any atom is 0.262 e. The highest BCUT2D eigenvalue weighted by Gasteiger charge is 2.04. The number of nitrogens with one attached hydrogen (secondary N) is 1. The molecule has 0 aliphatic heterocycles. The fourth-order valence-electron chi connectivity index (χ4n) is 1.78. The minimum absolute atomic E-state index is 0.0316. The zero-order chi connectivity index (χ0) is 15.1. The lowest BCUT2D eigenvalue weighted by atomic mass is 10.2. The number of benzene rings is 2. The number of amides is 1.